The third kappa shape index (κ3) is 5.44. The van der Waals surface area contributed by atoms with Crippen molar-refractivity contribution in [3.63, 3.8) is 0 Å². The Labute approximate surface area is 134 Å². The first kappa shape index (κ1) is 16.4. The molecule has 0 fully saturated rings. The molecule has 0 aromatic heterocycles. The Kier molecular flexibility index (Phi) is 6.82. The molecule has 0 bridgehead atoms. The third-order valence-electron chi connectivity index (χ3n) is 3.80. The van der Waals surface area contributed by atoms with E-state index in [0.717, 1.165) is 30.9 Å². The molecule has 0 unspecified atom stereocenters. The summed E-state index contributed by atoms with van der Waals surface area (Å²) in [5.74, 6) is 1.91. The normalized spacial score (nSPS) is 10.5. The van der Waals surface area contributed by atoms with E-state index in [2.05, 4.69) is 42.5 Å². The summed E-state index contributed by atoms with van der Waals surface area (Å²) < 4.78 is 10.7. The number of benzene rings is 2. The number of hydrogen-bond acceptors (Lipinski definition) is 2. The molecule has 2 aromatic rings. The second kappa shape index (κ2) is 9.14. The largest absolute Gasteiger partial charge is 0.497 e. The molecule has 0 amide bonds. The molecule has 2 nitrogen and oxygen atoms in total. The molecule has 0 aliphatic carbocycles. The number of ether oxygens (including phenoxy) is 2. The lowest BCUT2D eigenvalue weighted by Crippen LogP contribution is -1.92. The molecule has 0 radical (unpaired) electrons. The molecular formula is C20H26O2. The van der Waals surface area contributed by atoms with Crippen LogP contribution in [-0.4, -0.2) is 13.7 Å². The van der Waals surface area contributed by atoms with Crippen LogP contribution in [0.1, 0.15) is 37.3 Å². The van der Waals surface area contributed by atoms with Gasteiger partial charge in [-0.3, -0.25) is 0 Å². The van der Waals surface area contributed by atoms with Gasteiger partial charge in [0.2, 0.25) is 0 Å². The average molecular weight is 298 g/mol. The van der Waals surface area contributed by atoms with Crippen molar-refractivity contribution in [2.75, 3.05) is 13.7 Å². The molecule has 118 valence electrons. The Morgan fingerprint density at radius 3 is 2.18 bits per heavy atom. The van der Waals surface area contributed by atoms with E-state index in [4.69, 9.17) is 9.47 Å². The molecule has 2 rings (SSSR count). The smallest absolute Gasteiger partial charge is 0.119 e. The van der Waals surface area contributed by atoms with Crippen molar-refractivity contribution in [1.82, 2.24) is 0 Å². The summed E-state index contributed by atoms with van der Waals surface area (Å²) in [5, 5.41) is 0. The van der Waals surface area contributed by atoms with Crippen molar-refractivity contribution < 1.29 is 9.47 Å². The molecule has 0 atom stereocenters. The quantitative estimate of drug-likeness (QED) is 0.603. The van der Waals surface area contributed by atoms with Crippen molar-refractivity contribution in [3.8, 4) is 11.5 Å². The van der Waals surface area contributed by atoms with Gasteiger partial charge in [-0.2, -0.15) is 0 Å². The minimum absolute atomic E-state index is 0.726. The Hall–Kier alpha value is -1.96. The number of aryl methyl sites for hydroxylation is 2. The molecule has 0 aliphatic rings. The van der Waals surface area contributed by atoms with Crippen LogP contribution in [0, 0.1) is 0 Å². The fourth-order valence-electron chi connectivity index (χ4n) is 2.58. The van der Waals surface area contributed by atoms with E-state index in [0.29, 0.717) is 0 Å². The molecule has 2 aromatic carbocycles. The average Bonchev–Trinajstić information content (AvgIpc) is 2.56. The SMILES string of the molecule is CCOc1ccc(CCCCCc2cccc(OC)c2)cc1. The van der Waals surface area contributed by atoms with Crippen molar-refractivity contribution in [3.05, 3.63) is 59.7 Å². The summed E-state index contributed by atoms with van der Waals surface area (Å²) >= 11 is 0. The first-order valence-corrected chi connectivity index (χ1v) is 8.16. The highest BCUT2D eigenvalue weighted by molar-refractivity contribution is 5.28. The van der Waals surface area contributed by atoms with E-state index in [-0.39, 0.29) is 0 Å². The van der Waals surface area contributed by atoms with E-state index in [1.54, 1.807) is 7.11 Å². The zero-order valence-corrected chi connectivity index (χ0v) is 13.7. The highest BCUT2D eigenvalue weighted by atomic mass is 16.5. The number of methoxy groups -OCH3 is 1. The van der Waals surface area contributed by atoms with Gasteiger partial charge in [0.1, 0.15) is 11.5 Å². The van der Waals surface area contributed by atoms with Crippen molar-refractivity contribution in [2.24, 2.45) is 0 Å². The summed E-state index contributed by atoms with van der Waals surface area (Å²) in [6, 6.07) is 16.8. The van der Waals surface area contributed by atoms with Gasteiger partial charge in [0.15, 0.2) is 0 Å². The Balaban J connectivity index is 1.66. The van der Waals surface area contributed by atoms with E-state index in [9.17, 15) is 0 Å². The van der Waals surface area contributed by atoms with Gasteiger partial charge >= 0.3 is 0 Å². The number of rotatable bonds is 9. The first-order chi connectivity index (χ1) is 10.8. The fourth-order valence-corrected chi connectivity index (χ4v) is 2.58. The summed E-state index contributed by atoms with van der Waals surface area (Å²) in [4.78, 5) is 0. The molecule has 2 heteroatoms. The maximum atomic E-state index is 5.46. The Morgan fingerprint density at radius 2 is 1.50 bits per heavy atom. The summed E-state index contributed by atoms with van der Waals surface area (Å²) in [7, 11) is 1.72. The zero-order chi connectivity index (χ0) is 15.6. The fraction of sp³-hybridized carbons (Fsp3) is 0.400. The highest BCUT2D eigenvalue weighted by Crippen LogP contribution is 2.17. The molecule has 0 aliphatic heterocycles. The van der Waals surface area contributed by atoms with Gasteiger partial charge in [-0.05, 0) is 68.0 Å². The van der Waals surface area contributed by atoms with E-state index >= 15 is 0 Å². The van der Waals surface area contributed by atoms with Crippen LogP contribution in [0.2, 0.25) is 0 Å². The topological polar surface area (TPSA) is 18.5 Å². The van der Waals surface area contributed by atoms with Gasteiger partial charge in [-0.1, -0.05) is 30.7 Å². The van der Waals surface area contributed by atoms with Crippen LogP contribution in [0.15, 0.2) is 48.5 Å². The minimum atomic E-state index is 0.726. The van der Waals surface area contributed by atoms with Gasteiger partial charge in [-0.15, -0.1) is 0 Å². The predicted molar refractivity (Wildman–Crippen MR) is 91.9 cm³/mol. The van der Waals surface area contributed by atoms with Crippen LogP contribution in [0.5, 0.6) is 11.5 Å². The van der Waals surface area contributed by atoms with Crippen molar-refractivity contribution in [1.29, 1.82) is 0 Å². The monoisotopic (exact) mass is 298 g/mol. The first-order valence-electron chi connectivity index (χ1n) is 8.16. The van der Waals surface area contributed by atoms with E-state index < -0.39 is 0 Å². The molecule has 0 saturated carbocycles. The molecular weight excluding hydrogens is 272 g/mol. The molecule has 0 saturated heterocycles. The molecule has 0 spiro atoms. The number of unbranched alkanes of at least 4 members (excludes halogenated alkanes) is 2. The maximum Gasteiger partial charge on any atom is 0.119 e. The van der Waals surface area contributed by atoms with Crippen molar-refractivity contribution in [2.45, 2.75) is 39.0 Å². The zero-order valence-electron chi connectivity index (χ0n) is 13.7. The number of hydrogen-bond donors (Lipinski definition) is 0. The second-order valence-electron chi connectivity index (χ2n) is 5.49. The lowest BCUT2D eigenvalue weighted by Gasteiger charge is -2.06. The Bertz CT molecular complexity index is 546. The Morgan fingerprint density at radius 1 is 0.773 bits per heavy atom. The van der Waals surface area contributed by atoms with Gasteiger partial charge in [-0.25, -0.2) is 0 Å². The predicted octanol–water partition coefficient (Wildman–Crippen LogP) is 5.05. The van der Waals surface area contributed by atoms with Crippen molar-refractivity contribution >= 4 is 0 Å². The minimum Gasteiger partial charge on any atom is -0.497 e. The van der Waals surface area contributed by atoms with Crippen LogP contribution in [0.25, 0.3) is 0 Å². The van der Waals surface area contributed by atoms with Crippen LogP contribution >= 0.6 is 0 Å². The lowest BCUT2D eigenvalue weighted by molar-refractivity contribution is 0.340. The van der Waals surface area contributed by atoms with Crippen LogP contribution in [0.4, 0.5) is 0 Å². The lowest BCUT2D eigenvalue weighted by atomic mass is 10.0. The van der Waals surface area contributed by atoms with Crippen LogP contribution in [-0.2, 0) is 12.8 Å². The van der Waals surface area contributed by atoms with E-state index in [1.807, 2.05) is 13.0 Å². The van der Waals surface area contributed by atoms with Gasteiger partial charge < -0.3 is 9.47 Å². The van der Waals surface area contributed by atoms with E-state index in [1.165, 1.54) is 30.4 Å². The molecule has 0 N–H and O–H groups in total. The molecule has 22 heavy (non-hydrogen) atoms. The molecule has 0 heterocycles. The van der Waals surface area contributed by atoms with Gasteiger partial charge in [0, 0.05) is 0 Å². The van der Waals surface area contributed by atoms with Crippen LogP contribution in [0.3, 0.4) is 0 Å². The van der Waals surface area contributed by atoms with Crippen LogP contribution < -0.4 is 9.47 Å². The van der Waals surface area contributed by atoms with Gasteiger partial charge in [0.25, 0.3) is 0 Å². The second-order valence-corrected chi connectivity index (χ2v) is 5.49. The highest BCUT2D eigenvalue weighted by Gasteiger charge is 1.98. The maximum absolute atomic E-state index is 5.46. The summed E-state index contributed by atoms with van der Waals surface area (Å²) in [6.45, 7) is 2.74. The summed E-state index contributed by atoms with van der Waals surface area (Å²) in [5.41, 5.74) is 2.75. The third-order valence-corrected chi connectivity index (χ3v) is 3.80. The standard InChI is InChI=1S/C20H26O2/c1-3-22-19-14-12-17(13-15-19)8-5-4-6-9-18-10-7-11-20(16-18)21-2/h7,10-16H,3-6,8-9H2,1-2H3. The summed E-state index contributed by atoms with van der Waals surface area (Å²) in [6.07, 6.45) is 5.98. The van der Waals surface area contributed by atoms with Gasteiger partial charge in [0.05, 0.1) is 13.7 Å².